The lowest BCUT2D eigenvalue weighted by molar-refractivity contribution is 0.412. The Balaban J connectivity index is 2.73. The van der Waals surface area contributed by atoms with Crippen LogP contribution in [0, 0.1) is 0 Å². The Morgan fingerprint density at radius 2 is 2.42 bits per heavy atom. The highest BCUT2D eigenvalue weighted by molar-refractivity contribution is 9.10. The van der Waals surface area contributed by atoms with Gasteiger partial charge < -0.3 is 9.14 Å². The van der Waals surface area contributed by atoms with Crippen LogP contribution in [0.4, 0.5) is 0 Å². The molecule has 0 fully saturated rings. The van der Waals surface area contributed by atoms with Crippen LogP contribution in [0.15, 0.2) is 29.1 Å². The molecule has 0 unspecified atom stereocenters. The van der Waals surface area contributed by atoms with Crippen LogP contribution in [0.3, 0.4) is 0 Å². The minimum Gasteiger partial charge on any atom is -0.495 e. The monoisotopic (exact) mass is 226 g/mol. The van der Waals surface area contributed by atoms with E-state index in [9.17, 15) is 0 Å². The summed E-state index contributed by atoms with van der Waals surface area (Å²) in [4.78, 5) is 4.13. The zero-order chi connectivity index (χ0) is 8.55. The highest BCUT2D eigenvalue weighted by Crippen LogP contribution is 2.25. The summed E-state index contributed by atoms with van der Waals surface area (Å²) in [5.74, 6) is 0.800. The van der Waals surface area contributed by atoms with Gasteiger partial charge in [-0.25, -0.2) is 4.98 Å². The molecule has 62 valence electrons. The molecule has 0 radical (unpaired) electrons. The van der Waals surface area contributed by atoms with Gasteiger partial charge in [0, 0.05) is 24.7 Å². The largest absolute Gasteiger partial charge is 0.495 e. The fraction of sp³-hybridized carbons (Fsp3) is 0.125. The van der Waals surface area contributed by atoms with Gasteiger partial charge in [-0.2, -0.15) is 0 Å². The van der Waals surface area contributed by atoms with Gasteiger partial charge in [-0.05, 0) is 15.9 Å². The zero-order valence-electron chi connectivity index (χ0n) is 6.49. The van der Waals surface area contributed by atoms with Crippen molar-refractivity contribution >= 4 is 21.6 Å². The van der Waals surface area contributed by atoms with Gasteiger partial charge in [0.05, 0.1) is 11.6 Å². The molecule has 0 saturated carbocycles. The van der Waals surface area contributed by atoms with Crippen molar-refractivity contribution in [2.24, 2.45) is 0 Å². The summed E-state index contributed by atoms with van der Waals surface area (Å²) in [6.45, 7) is 0. The number of hydrogen-bond donors (Lipinski definition) is 0. The molecule has 2 heterocycles. The van der Waals surface area contributed by atoms with Gasteiger partial charge in [-0.15, -0.1) is 0 Å². The lowest BCUT2D eigenvalue weighted by atomic mass is 10.4. The van der Waals surface area contributed by atoms with Crippen molar-refractivity contribution in [2.45, 2.75) is 0 Å². The van der Waals surface area contributed by atoms with Crippen LogP contribution in [0.2, 0.25) is 0 Å². The minimum atomic E-state index is 0.800. The molecule has 0 aromatic carbocycles. The van der Waals surface area contributed by atoms with Crippen molar-refractivity contribution in [3.8, 4) is 5.75 Å². The predicted octanol–water partition coefficient (Wildman–Crippen LogP) is 2.11. The maximum Gasteiger partial charge on any atom is 0.140 e. The Labute approximate surface area is 78.1 Å². The van der Waals surface area contributed by atoms with E-state index in [0.717, 1.165) is 15.9 Å². The summed E-state index contributed by atoms with van der Waals surface area (Å²) in [7, 11) is 1.64. The van der Waals surface area contributed by atoms with Crippen LogP contribution >= 0.6 is 15.9 Å². The highest BCUT2D eigenvalue weighted by atomic mass is 79.9. The Morgan fingerprint density at radius 3 is 3.17 bits per heavy atom. The number of fused-ring (bicyclic) bond motifs is 1. The molecule has 0 saturated heterocycles. The van der Waals surface area contributed by atoms with Crippen molar-refractivity contribution in [1.82, 2.24) is 9.38 Å². The summed E-state index contributed by atoms with van der Waals surface area (Å²) in [6, 6.07) is 1.88. The molecule has 0 bridgehead atoms. The van der Waals surface area contributed by atoms with Crippen LogP contribution in [0.25, 0.3) is 5.65 Å². The normalized spacial score (nSPS) is 10.5. The summed E-state index contributed by atoms with van der Waals surface area (Å²) in [6.07, 6.45) is 5.56. The van der Waals surface area contributed by atoms with Crippen LogP contribution in [0.1, 0.15) is 0 Å². The van der Waals surface area contributed by atoms with Gasteiger partial charge in [0.25, 0.3) is 0 Å². The first-order valence-corrected chi connectivity index (χ1v) is 4.27. The first kappa shape index (κ1) is 7.61. The van der Waals surface area contributed by atoms with Crippen molar-refractivity contribution in [2.75, 3.05) is 7.11 Å². The number of nitrogens with zero attached hydrogens (tertiary/aromatic N) is 2. The lowest BCUT2D eigenvalue weighted by Crippen LogP contribution is -1.88. The maximum absolute atomic E-state index is 5.12. The molecule has 0 amide bonds. The van der Waals surface area contributed by atoms with Crippen LogP contribution in [-0.4, -0.2) is 16.5 Å². The first-order chi connectivity index (χ1) is 5.81. The third-order valence-electron chi connectivity index (χ3n) is 1.67. The van der Waals surface area contributed by atoms with E-state index in [-0.39, 0.29) is 0 Å². The molecular weight excluding hydrogens is 220 g/mol. The Hall–Kier alpha value is -1.03. The molecular formula is C8H7BrN2O. The average molecular weight is 227 g/mol. The number of methoxy groups -OCH3 is 1. The van der Waals surface area contributed by atoms with Crippen LogP contribution in [-0.2, 0) is 0 Å². The van der Waals surface area contributed by atoms with E-state index >= 15 is 0 Å². The number of hydrogen-bond acceptors (Lipinski definition) is 2. The van der Waals surface area contributed by atoms with Gasteiger partial charge in [0.1, 0.15) is 11.4 Å². The zero-order valence-corrected chi connectivity index (χ0v) is 8.08. The average Bonchev–Trinajstić information content (AvgIpc) is 2.49. The van der Waals surface area contributed by atoms with Gasteiger partial charge in [0.15, 0.2) is 0 Å². The second-order valence-electron chi connectivity index (χ2n) is 2.38. The van der Waals surface area contributed by atoms with E-state index in [4.69, 9.17) is 4.74 Å². The van der Waals surface area contributed by atoms with Gasteiger partial charge in [0.2, 0.25) is 0 Å². The number of ether oxygens (including phenoxy) is 1. The summed E-state index contributed by atoms with van der Waals surface area (Å²) < 4.78 is 7.97. The molecule has 0 aliphatic heterocycles. The first-order valence-electron chi connectivity index (χ1n) is 3.47. The number of aromatic nitrogens is 2. The minimum absolute atomic E-state index is 0.800. The number of pyridine rings is 1. The second-order valence-corrected chi connectivity index (χ2v) is 3.24. The summed E-state index contributed by atoms with van der Waals surface area (Å²) >= 11 is 3.39. The van der Waals surface area contributed by atoms with Crippen molar-refractivity contribution in [1.29, 1.82) is 0 Å². The SMILES string of the molecule is COc1cc2nccn2cc1Br. The Kier molecular flexibility index (Phi) is 1.77. The standard InChI is InChI=1S/C8H7BrN2O/c1-12-7-4-8-10-2-3-11(8)5-6(7)9/h2-5H,1H3. The van der Waals surface area contributed by atoms with E-state index in [1.807, 2.05) is 22.9 Å². The van der Waals surface area contributed by atoms with Crippen molar-refractivity contribution in [3.63, 3.8) is 0 Å². The molecule has 0 aliphatic rings. The van der Waals surface area contributed by atoms with Crippen molar-refractivity contribution < 1.29 is 4.74 Å². The van der Waals surface area contributed by atoms with Gasteiger partial charge in [-0.1, -0.05) is 0 Å². The molecule has 0 spiro atoms. The second kappa shape index (κ2) is 2.79. The molecule has 0 N–H and O–H groups in total. The molecule has 0 atom stereocenters. The fourth-order valence-corrected chi connectivity index (χ4v) is 1.57. The van der Waals surface area contributed by atoms with Crippen molar-refractivity contribution in [3.05, 3.63) is 29.1 Å². The van der Waals surface area contributed by atoms with E-state index in [2.05, 4.69) is 20.9 Å². The number of halogens is 1. The van der Waals surface area contributed by atoms with Gasteiger partial charge >= 0.3 is 0 Å². The lowest BCUT2D eigenvalue weighted by Gasteiger charge is -2.02. The molecule has 2 aromatic rings. The molecule has 2 aromatic heterocycles. The number of rotatable bonds is 1. The van der Waals surface area contributed by atoms with Crippen LogP contribution in [0.5, 0.6) is 5.75 Å². The molecule has 12 heavy (non-hydrogen) atoms. The highest BCUT2D eigenvalue weighted by Gasteiger charge is 2.01. The number of imidazole rings is 1. The third kappa shape index (κ3) is 1.08. The predicted molar refractivity (Wildman–Crippen MR) is 49.4 cm³/mol. The van der Waals surface area contributed by atoms with Crippen LogP contribution < -0.4 is 4.74 Å². The summed E-state index contributed by atoms with van der Waals surface area (Å²) in [5, 5.41) is 0. The van der Waals surface area contributed by atoms with E-state index in [1.165, 1.54) is 0 Å². The Morgan fingerprint density at radius 1 is 1.58 bits per heavy atom. The maximum atomic E-state index is 5.12. The van der Waals surface area contributed by atoms with E-state index in [1.54, 1.807) is 13.3 Å². The fourth-order valence-electron chi connectivity index (χ4n) is 1.07. The molecule has 0 aliphatic carbocycles. The summed E-state index contributed by atoms with van der Waals surface area (Å²) in [5.41, 5.74) is 0.884. The Bertz CT molecular complexity index is 410. The quantitative estimate of drug-likeness (QED) is 0.745. The molecule has 3 nitrogen and oxygen atoms in total. The third-order valence-corrected chi connectivity index (χ3v) is 2.26. The smallest absolute Gasteiger partial charge is 0.140 e. The van der Waals surface area contributed by atoms with Gasteiger partial charge in [-0.3, -0.25) is 0 Å². The molecule has 4 heteroatoms. The van der Waals surface area contributed by atoms with E-state index in [0.29, 0.717) is 0 Å². The molecule has 2 rings (SSSR count). The van der Waals surface area contributed by atoms with E-state index < -0.39 is 0 Å². The topological polar surface area (TPSA) is 26.5 Å².